The molecule has 1 aliphatic carbocycles. The third kappa shape index (κ3) is 2.27. The van der Waals surface area contributed by atoms with Crippen molar-refractivity contribution in [3.05, 3.63) is 23.8 Å². The summed E-state index contributed by atoms with van der Waals surface area (Å²) in [5.74, 6) is 0.115. The molecule has 0 unspecified atom stereocenters. The van der Waals surface area contributed by atoms with Gasteiger partial charge in [0.15, 0.2) is 0 Å². The molecule has 1 aliphatic rings. The Kier molecular flexibility index (Phi) is 3.33. The van der Waals surface area contributed by atoms with Crippen LogP contribution in [0.15, 0.2) is 23.1 Å². The van der Waals surface area contributed by atoms with Gasteiger partial charge in [-0.15, -0.1) is 11.8 Å². The van der Waals surface area contributed by atoms with Gasteiger partial charge in [-0.1, -0.05) is 12.1 Å². The fourth-order valence-electron chi connectivity index (χ4n) is 2.29. The van der Waals surface area contributed by atoms with E-state index < -0.39 is 5.97 Å². The molecule has 1 N–H and O–H groups in total. The highest BCUT2D eigenvalue weighted by atomic mass is 32.2. The minimum absolute atomic E-state index is 0.154. The summed E-state index contributed by atoms with van der Waals surface area (Å²) in [5.41, 5.74) is 0.977. The van der Waals surface area contributed by atoms with Crippen LogP contribution >= 0.6 is 11.8 Å². The predicted octanol–water partition coefficient (Wildman–Crippen LogP) is 2.92. The van der Waals surface area contributed by atoms with Crippen LogP contribution < -0.4 is 4.74 Å². The molecule has 0 radical (unpaired) electrons. The number of carbonyl (C=O) groups is 1. The molecule has 2 rings (SSSR count). The van der Waals surface area contributed by atoms with Crippen LogP contribution in [0, 0.1) is 0 Å². The molecule has 1 fully saturated rings. The lowest BCUT2D eigenvalue weighted by Crippen LogP contribution is -2.14. The van der Waals surface area contributed by atoms with Crippen LogP contribution in [0.2, 0.25) is 0 Å². The zero-order valence-corrected chi connectivity index (χ0v) is 10.8. The Morgan fingerprint density at radius 3 is 2.71 bits per heavy atom. The van der Waals surface area contributed by atoms with Gasteiger partial charge in [0.05, 0.1) is 18.4 Å². The summed E-state index contributed by atoms with van der Waals surface area (Å²) in [6, 6.07) is 5.90. The Morgan fingerprint density at radius 2 is 2.24 bits per heavy atom. The largest absolute Gasteiger partial charge is 0.496 e. The number of benzene rings is 1. The van der Waals surface area contributed by atoms with E-state index in [1.165, 1.54) is 0 Å². The minimum Gasteiger partial charge on any atom is -0.496 e. The SMILES string of the molecule is COc1cccc(C2(CC(=O)O)CC2)c1SC. The van der Waals surface area contributed by atoms with E-state index in [4.69, 9.17) is 9.84 Å². The van der Waals surface area contributed by atoms with E-state index in [2.05, 4.69) is 0 Å². The van der Waals surface area contributed by atoms with Crippen molar-refractivity contribution in [1.29, 1.82) is 0 Å². The predicted molar refractivity (Wildman–Crippen MR) is 67.9 cm³/mol. The first-order chi connectivity index (χ1) is 8.13. The summed E-state index contributed by atoms with van der Waals surface area (Å²) in [6.45, 7) is 0. The molecule has 92 valence electrons. The molecule has 0 saturated heterocycles. The minimum atomic E-state index is -0.725. The topological polar surface area (TPSA) is 46.5 Å². The van der Waals surface area contributed by atoms with Crippen molar-refractivity contribution in [2.75, 3.05) is 13.4 Å². The van der Waals surface area contributed by atoms with Gasteiger partial charge in [-0.25, -0.2) is 0 Å². The van der Waals surface area contributed by atoms with Crippen molar-refractivity contribution in [1.82, 2.24) is 0 Å². The molecule has 1 aromatic carbocycles. The lowest BCUT2D eigenvalue weighted by molar-refractivity contribution is -0.137. The van der Waals surface area contributed by atoms with Gasteiger partial charge in [0, 0.05) is 5.41 Å². The number of rotatable bonds is 5. The number of ether oxygens (including phenoxy) is 1. The fraction of sp³-hybridized carbons (Fsp3) is 0.462. The molecule has 0 bridgehead atoms. The Hall–Kier alpha value is -1.16. The molecule has 3 nitrogen and oxygen atoms in total. The average Bonchev–Trinajstić information content (AvgIpc) is 3.07. The Labute approximate surface area is 105 Å². The monoisotopic (exact) mass is 252 g/mol. The molecule has 4 heteroatoms. The highest BCUT2D eigenvalue weighted by Crippen LogP contribution is 2.54. The van der Waals surface area contributed by atoms with E-state index in [0.29, 0.717) is 0 Å². The van der Waals surface area contributed by atoms with Crippen molar-refractivity contribution in [3.8, 4) is 5.75 Å². The first-order valence-electron chi connectivity index (χ1n) is 5.56. The Bertz CT molecular complexity index is 438. The Balaban J connectivity index is 2.41. The van der Waals surface area contributed by atoms with Gasteiger partial charge in [-0.3, -0.25) is 4.79 Å². The maximum atomic E-state index is 10.9. The van der Waals surface area contributed by atoms with Crippen LogP contribution in [0.3, 0.4) is 0 Å². The molecule has 0 spiro atoms. The fourth-order valence-corrected chi connectivity index (χ4v) is 3.14. The molecule has 0 amide bonds. The zero-order chi connectivity index (χ0) is 12.5. The summed E-state index contributed by atoms with van der Waals surface area (Å²) in [4.78, 5) is 12.0. The second-order valence-electron chi connectivity index (χ2n) is 4.39. The van der Waals surface area contributed by atoms with Crippen LogP contribution in [0.1, 0.15) is 24.8 Å². The zero-order valence-electron chi connectivity index (χ0n) is 10.0. The van der Waals surface area contributed by atoms with Gasteiger partial charge < -0.3 is 9.84 Å². The van der Waals surface area contributed by atoms with E-state index in [1.807, 2.05) is 24.5 Å². The highest BCUT2D eigenvalue weighted by Gasteiger charge is 2.47. The number of methoxy groups -OCH3 is 1. The molecule has 0 heterocycles. The lowest BCUT2D eigenvalue weighted by Gasteiger charge is -2.18. The van der Waals surface area contributed by atoms with Crippen molar-refractivity contribution in [2.45, 2.75) is 29.6 Å². The molecule has 1 aromatic rings. The summed E-state index contributed by atoms with van der Waals surface area (Å²) in [6.07, 6.45) is 4.13. The van der Waals surface area contributed by atoms with Crippen LogP contribution in [-0.2, 0) is 10.2 Å². The maximum absolute atomic E-state index is 10.9. The first-order valence-corrected chi connectivity index (χ1v) is 6.79. The third-order valence-electron chi connectivity index (χ3n) is 3.32. The van der Waals surface area contributed by atoms with Gasteiger partial charge in [-0.05, 0) is 30.7 Å². The molecule has 0 atom stereocenters. The van der Waals surface area contributed by atoms with Crippen LogP contribution in [0.5, 0.6) is 5.75 Å². The summed E-state index contributed by atoms with van der Waals surface area (Å²) >= 11 is 1.62. The molecule has 17 heavy (non-hydrogen) atoms. The van der Waals surface area contributed by atoms with Gasteiger partial charge in [0.25, 0.3) is 0 Å². The lowest BCUT2D eigenvalue weighted by atomic mass is 9.92. The van der Waals surface area contributed by atoms with Crippen molar-refractivity contribution in [2.24, 2.45) is 0 Å². The Morgan fingerprint density at radius 1 is 1.53 bits per heavy atom. The maximum Gasteiger partial charge on any atom is 0.304 e. The normalized spacial score (nSPS) is 16.6. The second-order valence-corrected chi connectivity index (χ2v) is 5.21. The first kappa shape index (κ1) is 12.3. The van der Waals surface area contributed by atoms with E-state index in [-0.39, 0.29) is 11.8 Å². The smallest absolute Gasteiger partial charge is 0.304 e. The number of carboxylic acids is 1. The second kappa shape index (κ2) is 4.61. The molecular weight excluding hydrogens is 236 g/mol. The number of hydrogen-bond donors (Lipinski definition) is 1. The van der Waals surface area contributed by atoms with Gasteiger partial charge in [-0.2, -0.15) is 0 Å². The number of aliphatic carboxylic acids is 1. The third-order valence-corrected chi connectivity index (χ3v) is 4.15. The number of carboxylic acid groups (broad SMARTS) is 1. The number of hydrogen-bond acceptors (Lipinski definition) is 3. The van der Waals surface area contributed by atoms with Gasteiger partial charge >= 0.3 is 5.97 Å². The van der Waals surface area contributed by atoms with Crippen LogP contribution in [-0.4, -0.2) is 24.4 Å². The van der Waals surface area contributed by atoms with Crippen LogP contribution in [0.25, 0.3) is 0 Å². The van der Waals surface area contributed by atoms with Gasteiger partial charge in [0.1, 0.15) is 5.75 Å². The van der Waals surface area contributed by atoms with Crippen molar-refractivity contribution in [3.63, 3.8) is 0 Å². The van der Waals surface area contributed by atoms with E-state index >= 15 is 0 Å². The number of thioether (sulfide) groups is 1. The van der Waals surface area contributed by atoms with Gasteiger partial charge in [0.2, 0.25) is 0 Å². The summed E-state index contributed by atoms with van der Waals surface area (Å²) < 4.78 is 5.34. The molecule has 0 aromatic heterocycles. The van der Waals surface area contributed by atoms with Crippen LogP contribution in [0.4, 0.5) is 0 Å². The summed E-state index contributed by atoms with van der Waals surface area (Å²) in [7, 11) is 1.65. The van der Waals surface area contributed by atoms with Crippen molar-refractivity contribution >= 4 is 17.7 Å². The van der Waals surface area contributed by atoms with E-state index in [9.17, 15) is 4.79 Å². The van der Waals surface area contributed by atoms with E-state index in [0.717, 1.165) is 29.1 Å². The van der Waals surface area contributed by atoms with E-state index in [1.54, 1.807) is 18.9 Å². The average molecular weight is 252 g/mol. The highest BCUT2D eigenvalue weighted by molar-refractivity contribution is 7.98. The molecule has 0 aliphatic heterocycles. The quantitative estimate of drug-likeness (QED) is 0.818. The standard InChI is InChI=1S/C13H16O3S/c1-16-10-5-3-4-9(12(10)17-2)13(6-7-13)8-11(14)15/h3-5H,6-8H2,1-2H3,(H,14,15). The van der Waals surface area contributed by atoms with Crippen molar-refractivity contribution < 1.29 is 14.6 Å². The molecular formula is C13H16O3S. The summed E-state index contributed by atoms with van der Waals surface area (Å²) in [5, 5.41) is 9.00. The molecule has 1 saturated carbocycles.